The highest BCUT2D eigenvalue weighted by molar-refractivity contribution is 7.98. The molecule has 0 aliphatic heterocycles. The van der Waals surface area contributed by atoms with Gasteiger partial charge in [0, 0.05) is 6.07 Å². The Morgan fingerprint density at radius 3 is 2.88 bits per heavy atom. The normalized spacial score (nSPS) is 10.4. The van der Waals surface area contributed by atoms with E-state index in [2.05, 4.69) is 0 Å². The monoisotopic (exact) mass is 249 g/mol. The number of hydrogen-bond acceptors (Lipinski definition) is 4. The largest absolute Gasteiger partial charge is 0.468 e. The first-order valence-corrected chi connectivity index (χ1v) is 6.05. The fraction of sp³-hybridized carbons (Fsp3) is 0.167. The van der Waals surface area contributed by atoms with Crippen molar-refractivity contribution < 1.29 is 9.34 Å². The van der Waals surface area contributed by atoms with Gasteiger partial charge in [0.25, 0.3) is 5.69 Å². The number of nitrogens with zero attached hydrogens (tertiary/aromatic N) is 1. The zero-order valence-electron chi connectivity index (χ0n) is 9.25. The molecule has 0 aliphatic rings. The van der Waals surface area contributed by atoms with Gasteiger partial charge in [-0.1, -0.05) is 6.07 Å². The second-order valence-electron chi connectivity index (χ2n) is 3.60. The summed E-state index contributed by atoms with van der Waals surface area (Å²) in [5.41, 5.74) is 1.04. The summed E-state index contributed by atoms with van der Waals surface area (Å²) in [5.74, 6) is 1.40. The third-order valence-electron chi connectivity index (χ3n) is 2.26. The molecule has 4 nitrogen and oxygen atoms in total. The van der Waals surface area contributed by atoms with E-state index in [1.54, 1.807) is 24.5 Å². The Bertz CT molecular complexity index is 523. The lowest BCUT2D eigenvalue weighted by atomic mass is 10.2. The third kappa shape index (κ3) is 2.88. The maximum atomic E-state index is 10.9. The predicted molar refractivity (Wildman–Crippen MR) is 66.1 cm³/mol. The predicted octanol–water partition coefficient (Wildman–Crippen LogP) is 3.79. The van der Waals surface area contributed by atoms with E-state index in [-0.39, 0.29) is 10.6 Å². The molecule has 1 aromatic carbocycles. The van der Waals surface area contributed by atoms with Crippen LogP contribution in [0.2, 0.25) is 0 Å². The van der Waals surface area contributed by atoms with Crippen molar-refractivity contribution in [1.82, 2.24) is 0 Å². The molecule has 0 bridgehead atoms. The van der Waals surface area contributed by atoms with E-state index in [0.717, 1.165) is 11.3 Å². The van der Waals surface area contributed by atoms with E-state index in [4.69, 9.17) is 4.42 Å². The van der Waals surface area contributed by atoms with Crippen molar-refractivity contribution in [3.05, 3.63) is 58.0 Å². The minimum atomic E-state index is -0.350. The molecule has 0 radical (unpaired) electrons. The van der Waals surface area contributed by atoms with Gasteiger partial charge < -0.3 is 4.42 Å². The number of rotatable bonds is 4. The summed E-state index contributed by atoms with van der Waals surface area (Å²) < 4.78 is 5.19. The average molecular weight is 249 g/mol. The van der Waals surface area contributed by atoms with Gasteiger partial charge in [-0.05, 0) is 30.7 Å². The number of aryl methyl sites for hydroxylation is 1. The quantitative estimate of drug-likeness (QED) is 0.470. The van der Waals surface area contributed by atoms with Crippen molar-refractivity contribution in [1.29, 1.82) is 0 Å². The number of nitro groups is 1. The van der Waals surface area contributed by atoms with E-state index >= 15 is 0 Å². The highest BCUT2D eigenvalue weighted by atomic mass is 32.2. The lowest BCUT2D eigenvalue weighted by Gasteiger charge is -2.02. The molecule has 2 aromatic rings. The summed E-state index contributed by atoms with van der Waals surface area (Å²) in [6.07, 6.45) is 1.60. The van der Waals surface area contributed by atoms with Crippen LogP contribution in [0.15, 0.2) is 45.9 Å². The molecule has 0 N–H and O–H groups in total. The summed E-state index contributed by atoms with van der Waals surface area (Å²) in [6, 6.07) is 8.90. The lowest BCUT2D eigenvalue weighted by Crippen LogP contribution is -1.91. The van der Waals surface area contributed by atoms with Crippen LogP contribution in [-0.2, 0) is 5.75 Å². The van der Waals surface area contributed by atoms with Crippen molar-refractivity contribution >= 4 is 17.4 Å². The summed E-state index contributed by atoms with van der Waals surface area (Å²) in [4.78, 5) is 11.2. The molecule has 0 saturated heterocycles. The molecule has 0 spiro atoms. The molecular weight excluding hydrogens is 238 g/mol. The fourth-order valence-electron chi connectivity index (χ4n) is 1.44. The maximum absolute atomic E-state index is 10.9. The van der Waals surface area contributed by atoms with Crippen LogP contribution in [-0.4, -0.2) is 4.92 Å². The zero-order valence-corrected chi connectivity index (χ0v) is 10.1. The van der Waals surface area contributed by atoms with Gasteiger partial charge in [-0.2, -0.15) is 0 Å². The molecule has 17 heavy (non-hydrogen) atoms. The van der Waals surface area contributed by atoms with Crippen LogP contribution in [0.5, 0.6) is 0 Å². The van der Waals surface area contributed by atoms with E-state index < -0.39 is 0 Å². The Morgan fingerprint density at radius 2 is 2.24 bits per heavy atom. The van der Waals surface area contributed by atoms with E-state index in [1.165, 1.54) is 11.8 Å². The molecule has 5 heteroatoms. The van der Waals surface area contributed by atoms with Crippen molar-refractivity contribution in [2.45, 2.75) is 17.6 Å². The van der Waals surface area contributed by atoms with Crippen LogP contribution in [0.25, 0.3) is 0 Å². The first kappa shape index (κ1) is 11.7. The Kier molecular flexibility index (Phi) is 3.49. The van der Waals surface area contributed by atoms with Crippen LogP contribution in [0.4, 0.5) is 5.69 Å². The number of thioether (sulfide) groups is 1. The van der Waals surface area contributed by atoms with Gasteiger partial charge in [-0.25, -0.2) is 0 Å². The van der Waals surface area contributed by atoms with Crippen molar-refractivity contribution in [2.75, 3.05) is 0 Å². The Morgan fingerprint density at radius 1 is 1.41 bits per heavy atom. The standard InChI is InChI=1S/C12H11NO3S/c1-9-4-5-12(11(7-9)13(14)15)17-8-10-3-2-6-16-10/h2-7H,8H2,1H3. The minimum Gasteiger partial charge on any atom is -0.468 e. The summed E-state index contributed by atoms with van der Waals surface area (Å²) in [5, 5.41) is 10.9. The topological polar surface area (TPSA) is 56.3 Å². The molecule has 88 valence electrons. The van der Waals surface area contributed by atoms with Crippen LogP contribution in [0.1, 0.15) is 11.3 Å². The highest BCUT2D eigenvalue weighted by Gasteiger charge is 2.14. The minimum absolute atomic E-state index is 0.154. The van der Waals surface area contributed by atoms with Gasteiger partial charge in [0.05, 0.1) is 21.8 Å². The van der Waals surface area contributed by atoms with Crippen LogP contribution >= 0.6 is 11.8 Å². The van der Waals surface area contributed by atoms with Crippen LogP contribution in [0, 0.1) is 17.0 Å². The lowest BCUT2D eigenvalue weighted by molar-refractivity contribution is -0.387. The molecular formula is C12H11NO3S. The smallest absolute Gasteiger partial charge is 0.283 e. The summed E-state index contributed by atoms with van der Waals surface area (Å²) in [6.45, 7) is 1.84. The van der Waals surface area contributed by atoms with E-state index in [9.17, 15) is 10.1 Å². The molecule has 1 aromatic heterocycles. The molecule has 2 rings (SSSR count). The van der Waals surface area contributed by atoms with Gasteiger partial charge in [-0.3, -0.25) is 10.1 Å². The zero-order chi connectivity index (χ0) is 12.3. The van der Waals surface area contributed by atoms with Crippen molar-refractivity contribution in [3.8, 4) is 0 Å². The first-order chi connectivity index (χ1) is 8.16. The van der Waals surface area contributed by atoms with Gasteiger partial charge >= 0.3 is 0 Å². The summed E-state index contributed by atoms with van der Waals surface area (Å²) >= 11 is 1.41. The van der Waals surface area contributed by atoms with E-state index in [1.807, 2.05) is 19.1 Å². The molecule has 0 amide bonds. The Balaban J connectivity index is 2.17. The Labute approximate surface area is 103 Å². The molecule has 0 fully saturated rings. The Hall–Kier alpha value is -1.75. The van der Waals surface area contributed by atoms with Crippen molar-refractivity contribution in [3.63, 3.8) is 0 Å². The van der Waals surface area contributed by atoms with Gasteiger partial charge in [0.15, 0.2) is 0 Å². The molecule has 0 atom stereocenters. The third-order valence-corrected chi connectivity index (χ3v) is 3.35. The SMILES string of the molecule is Cc1ccc(SCc2ccco2)c([N+](=O)[O-])c1. The van der Waals surface area contributed by atoms with Gasteiger partial charge in [0.2, 0.25) is 0 Å². The second-order valence-corrected chi connectivity index (χ2v) is 4.61. The maximum Gasteiger partial charge on any atom is 0.283 e. The first-order valence-electron chi connectivity index (χ1n) is 5.07. The average Bonchev–Trinajstić information content (AvgIpc) is 2.80. The molecule has 0 unspecified atom stereocenters. The van der Waals surface area contributed by atoms with Crippen LogP contribution < -0.4 is 0 Å². The van der Waals surface area contributed by atoms with Crippen LogP contribution in [0.3, 0.4) is 0 Å². The highest BCUT2D eigenvalue weighted by Crippen LogP contribution is 2.32. The van der Waals surface area contributed by atoms with Crippen molar-refractivity contribution in [2.24, 2.45) is 0 Å². The van der Waals surface area contributed by atoms with E-state index in [0.29, 0.717) is 10.6 Å². The fourth-order valence-corrected chi connectivity index (χ4v) is 2.34. The number of benzene rings is 1. The number of nitro benzene ring substituents is 1. The summed E-state index contributed by atoms with van der Waals surface area (Å²) in [7, 11) is 0. The van der Waals surface area contributed by atoms with Gasteiger partial charge in [0.1, 0.15) is 5.76 Å². The number of hydrogen-bond donors (Lipinski definition) is 0. The molecule has 1 heterocycles. The second kappa shape index (κ2) is 5.05. The number of furan rings is 1. The van der Waals surface area contributed by atoms with Gasteiger partial charge in [-0.15, -0.1) is 11.8 Å². The molecule has 0 aliphatic carbocycles. The molecule has 0 saturated carbocycles.